The number of halogens is 3. The lowest BCUT2D eigenvalue weighted by Gasteiger charge is -2.15. The number of hydrogen-bond donors (Lipinski definition) is 1. The molecule has 0 spiro atoms. The zero-order valence-electron chi connectivity index (χ0n) is 19.6. The van der Waals surface area contributed by atoms with Crippen LogP contribution >= 0.6 is 40.1 Å². The highest BCUT2D eigenvalue weighted by Crippen LogP contribution is 2.37. The highest BCUT2D eigenvalue weighted by Gasteiger charge is 2.13. The molecule has 0 atom stereocenters. The monoisotopic (exact) mass is 593 g/mol. The number of benzene rings is 3. The van der Waals surface area contributed by atoms with Crippen molar-refractivity contribution in [2.75, 3.05) is 19.4 Å². The molecule has 0 radical (unpaired) electrons. The van der Waals surface area contributed by atoms with Gasteiger partial charge in [-0.15, -0.1) is 17.5 Å². The van der Waals surface area contributed by atoms with E-state index in [-0.39, 0.29) is 24.8 Å². The number of hydrogen-bond acceptors (Lipinski definition) is 7. The van der Waals surface area contributed by atoms with E-state index in [1.165, 1.54) is 6.07 Å². The van der Waals surface area contributed by atoms with Crippen LogP contribution in [0.25, 0.3) is 5.69 Å². The summed E-state index contributed by atoms with van der Waals surface area (Å²) in [6, 6.07) is 20.3. The summed E-state index contributed by atoms with van der Waals surface area (Å²) in [5.74, 6) is 1.73. The number of nitrogens with one attached hydrogen (secondary N) is 1. The smallest absolute Gasteiger partial charge is 0.214 e. The molecule has 0 aliphatic rings. The summed E-state index contributed by atoms with van der Waals surface area (Å²) >= 11 is 5.19. The molecular formula is C25H26BrClFN5O2S. The second kappa shape index (κ2) is 14.2. The molecule has 4 aromatic rings. The molecule has 190 valence electrons. The summed E-state index contributed by atoms with van der Waals surface area (Å²) in [7, 11) is 1.59. The molecule has 0 saturated carbocycles. The largest absolute Gasteiger partial charge is 0.493 e. The van der Waals surface area contributed by atoms with Gasteiger partial charge in [0.05, 0.1) is 17.3 Å². The van der Waals surface area contributed by atoms with Crippen LogP contribution in [0.4, 0.5) is 4.39 Å². The van der Waals surface area contributed by atoms with Crippen molar-refractivity contribution in [2.45, 2.75) is 24.7 Å². The molecule has 0 amide bonds. The first kappa shape index (κ1) is 27.9. The highest BCUT2D eigenvalue weighted by molar-refractivity contribution is 9.10. The van der Waals surface area contributed by atoms with Gasteiger partial charge in [0.15, 0.2) is 11.5 Å². The SMILES string of the molecule is COc1cc(CNCCCSc2nnnn2-c2ccccc2)cc(Br)c1OCc1ccccc1F.Cl. The Balaban J connectivity index is 0.00000361. The van der Waals surface area contributed by atoms with Crippen LogP contribution in [0.5, 0.6) is 11.5 Å². The fourth-order valence-electron chi connectivity index (χ4n) is 3.37. The van der Waals surface area contributed by atoms with Gasteiger partial charge in [-0.25, -0.2) is 4.39 Å². The average molecular weight is 595 g/mol. The zero-order valence-corrected chi connectivity index (χ0v) is 22.8. The van der Waals surface area contributed by atoms with E-state index in [0.29, 0.717) is 23.6 Å². The quantitative estimate of drug-likeness (QED) is 0.163. The van der Waals surface area contributed by atoms with Gasteiger partial charge in [-0.3, -0.25) is 0 Å². The van der Waals surface area contributed by atoms with Gasteiger partial charge in [-0.2, -0.15) is 4.68 Å². The number of para-hydroxylation sites is 1. The van der Waals surface area contributed by atoms with Gasteiger partial charge in [0.25, 0.3) is 0 Å². The third-order valence-electron chi connectivity index (χ3n) is 5.12. The third kappa shape index (κ3) is 7.42. The third-order valence-corrected chi connectivity index (χ3v) is 6.71. The molecule has 3 aromatic carbocycles. The number of thioether (sulfide) groups is 1. The maximum atomic E-state index is 13.9. The molecule has 0 aliphatic carbocycles. The molecule has 36 heavy (non-hydrogen) atoms. The van der Waals surface area contributed by atoms with Gasteiger partial charge in [0.1, 0.15) is 12.4 Å². The van der Waals surface area contributed by atoms with Crippen molar-refractivity contribution in [1.29, 1.82) is 0 Å². The minimum atomic E-state index is -0.293. The summed E-state index contributed by atoms with van der Waals surface area (Å²) in [6.07, 6.45) is 0.953. The maximum absolute atomic E-state index is 13.9. The van der Waals surface area contributed by atoms with Gasteiger partial charge in [-0.1, -0.05) is 48.2 Å². The minimum Gasteiger partial charge on any atom is -0.493 e. The molecular weight excluding hydrogens is 569 g/mol. The first-order valence-electron chi connectivity index (χ1n) is 11.1. The van der Waals surface area contributed by atoms with Gasteiger partial charge < -0.3 is 14.8 Å². The van der Waals surface area contributed by atoms with E-state index in [0.717, 1.165) is 39.6 Å². The molecule has 0 bridgehead atoms. The lowest BCUT2D eigenvalue weighted by atomic mass is 10.2. The van der Waals surface area contributed by atoms with E-state index < -0.39 is 0 Å². The molecule has 1 heterocycles. The molecule has 0 unspecified atom stereocenters. The number of rotatable bonds is 12. The van der Waals surface area contributed by atoms with E-state index in [1.54, 1.807) is 41.8 Å². The molecule has 0 aliphatic heterocycles. The molecule has 7 nitrogen and oxygen atoms in total. The number of nitrogens with zero attached hydrogens (tertiary/aromatic N) is 4. The van der Waals surface area contributed by atoms with Gasteiger partial charge in [-0.05, 0) is 75.2 Å². The fourth-order valence-corrected chi connectivity index (χ4v) is 4.81. The predicted molar refractivity (Wildman–Crippen MR) is 145 cm³/mol. The van der Waals surface area contributed by atoms with Crippen molar-refractivity contribution in [3.8, 4) is 17.2 Å². The van der Waals surface area contributed by atoms with Crippen LogP contribution in [0, 0.1) is 5.82 Å². The Labute approximate surface area is 228 Å². The van der Waals surface area contributed by atoms with Crippen LogP contribution in [-0.2, 0) is 13.2 Å². The Kier molecular flexibility index (Phi) is 11.0. The fraction of sp³-hybridized carbons (Fsp3) is 0.240. The lowest BCUT2D eigenvalue weighted by molar-refractivity contribution is 0.277. The lowest BCUT2D eigenvalue weighted by Crippen LogP contribution is -2.15. The average Bonchev–Trinajstić information content (AvgIpc) is 3.35. The van der Waals surface area contributed by atoms with Crippen LogP contribution in [-0.4, -0.2) is 39.6 Å². The first-order chi connectivity index (χ1) is 17.2. The second-order valence-corrected chi connectivity index (χ2v) is 9.49. The van der Waals surface area contributed by atoms with E-state index in [4.69, 9.17) is 9.47 Å². The maximum Gasteiger partial charge on any atom is 0.214 e. The van der Waals surface area contributed by atoms with Crippen molar-refractivity contribution in [1.82, 2.24) is 25.5 Å². The molecule has 11 heteroatoms. The molecule has 1 aromatic heterocycles. The normalized spacial score (nSPS) is 10.6. The summed E-state index contributed by atoms with van der Waals surface area (Å²) < 4.78 is 27.8. The van der Waals surface area contributed by atoms with Crippen LogP contribution in [0.2, 0.25) is 0 Å². The van der Waals surface area contributed by atoms with Crippen molar-refractivity contribution < 1.29 is 13.9 Å². The predicted octanol–water partition coefficient (Wildman–Crippen LogP) is 5.85. The number of ether oxygens (including phenoxy) is 2. The summed E-state index contributed by atoms with van der Waals surface area (Å²) in [5, 5.41) is 16.2. The van der Waals surface area contributed by atoms with Gasteiger partial charge in [0.2, 0.25) is 5.16 Å². The Morgan fingerprint density at radius 1 is 1.08 bits per heavy atom. The Hall–Kier alpha value is -2.66. The highest BCUT2D eigenvalue weighted by atomic mass is 79.9. The number of methoxy groups -OCH3 is 1. The standard InChI is InChI=1S/C25H25BrFN5O2S.ClH/c1-33-23-15-18(14-21(26)24(23)34-17-19-8-5-6-11-22(19)27)16-28-12-7-13-35-25-29-30-31-32(25)20-9-3-2-4-10-20;/h2-6,8-11,14-15,28H,7,12-13,16-17H2,1H3;1H. The molecule has 1 N–H and O–H groups in total. The Morgan fingerprint density at radius 2 is 1.86 bits per heavy atom. The molecule has 0 saturated heterocycles. The molecule has 0 fully saturated rings. The zero-order chi connectivity index (χ0) is 24.5. The van der Waals surface area contributed by atoms with E-state index in [1.807, 2.05) is 42.5 Å². The van der Waals surface area contributed by atoms with E-state index in [2.05, 4.69) is 36.8 Å². The van der Waals surface area contributed by atoms with Crippen LogP contribution in [0.15, 0.2) is 76.4 Å². The van der Waals surface area contributed by atoms with E-state index in [9.17, 15) is 4.39 Å². The van der Waals surface area contributed by atoms with Crippen molar-refractivity contribution in [2.24, 2.45) is 0 Å². The summed E-state index contributed by atoms with van der Waals surface area (Å²) in [6.45, 7) is 1.63. The topological polar surface area (TPSA) is 74.1 Å². The van der Waals surface area contributed by atoms with Crippen molar-refractivity contribution in [3.05, 3.63) is 88.1 Å². The van der Waals surface area contributed by atoms with Crippen LogP contribution in [0.1, 0.15) is 17.5 Å². The van der Waals surface area contributed by atoms with E-state index >= 15 is 0 Å². The van der Waals surface area contributed by atoms with Gasteiger partial charge >= 0.3 is 0 Å². The minimum absolute atomic E-state index is 0. The number of aromatic nitrogens is 4. The van der Waals surface area contributed by atoms with Crippen molar-refractivity contribution >= 4 is 40.1 Å². The van der Waals surface area contributed by atoms with Crippen molar-refractivity contribution in [3.63, 3.8) is 0 Å². The summed E-state index contributed by atoms with van der Waals surface area (Å²) in [4.78, 5) is 0. The van der Waals surface area contributed by atoms with Crippen LogP contribution in [0.3, 0.4) is 0 Å². The Morgan fingerprint density at radius 3 is 2.64 bits per heavy atom. The Bertz CT molecular complexity index is 1250. The first-order valence-corrected chi connectivity index (χ1v) is 12.8. The van der Waals surface area contributed by atoms with Gasteiger partial charge in [0, 0.05) is 17.9 Å². The van der Waals surface area contributed by atoms with Crippen LogP contribution < -0.4 is 14.8 Å². The second-order valence-electron chi connectivity index (χ2n) is 7.58. The number of tetrazole rings is 1. The summed E-state index contributed by atoms with van der Waals surface area (Å²) in [5.41, 5.74) is 2.48. The molecule has 4 rings (SSSR count).